The molecule has 18 heavy (non-hydrogen) atoms. The van der Waals surface area contributed by atoms with E-state index in [2.05, 4.69) is 12.1 Å². The number of anilines is 1. The van der Waals surface area contributed by atoms with Crippen LogP contribution in [0, 0.1) is 0 Å². The van der Waals surface area contributed by atoms with Gasteiger partial charge in [0.2, 0.25) is 0 Å². The highest BCUT2D eigenvalue weighted by Gasteiger charge is 2.00. The summed E-state index contributed by atoms with van der Waals surface area (Å²) in [5.41, 5.74) is 6.45. The first-order valence-corrected chi connectivity index (χ1v) is 6.75. The zero-order valence-electron chi connectivity index (χ0n) is 10.6. The SMILES string of the molecule is CC(C)Oc1ccc(Sc2ccc(N)cc2)cc1. The number of benzene rings is 2. The Morgan fingerprint density at radius 3 is 1.89 bits per heavy atom. The summed E-state index contributed by atoms with van der Waals surface area (Å²) in [5.74, 6) is 0.909. The number of hydrogen-bond donors (Lipinski definition) is 1. The minimum atomic E-state index is 0.209. The first-order chi connectivity index (χ1) is 8.63. The summed E-state index contributed by atoms with van der Waals surface area (Å²) in [5, 5.41) is 0. The van der Waals surface area contributed by atoms with Gasteiger partial charge < -0.3 is 10.5 Å². The Bertz CT molecular complexity index is 491. The second-order valence-electron chi connectivity index (χ2n) is 4.31. The first-order valence-electron chi connectivity index (χ1n) is 5.93. The summed E-state index contributed by atoms with van der Waals surface area (Å²) in [4.78, 5) is 2.37. The Kier molecular flexibility index (Phi) is 4.15. The molecule has 0 aliphatic carbocycles. The van der Waals surface area contributed by atoms with E-state index in [0.29, 0.717) is 0 Å². The zero-order valence-corrected chi connectivity index (χ0v) is 11.4. The van der Waals surface area contributed by atoms with E-state index in [1.807, 2.05) is 50.2 Å². The topological polar surface area (TPSA) is 35.2 Å². The lowest BCUT2D eigenvalue weighted by Gasteiger charge is -2.10. The van der Waals surface area contributed by atoms with E-state index in [9.17, 15) is 0 Å². The molecular formula is C15H17NOS. The van der Waals surface area contributed by atoms with Gasteiger partial charge in [0.05, 0.1) is 6.10 Å². The maximum absolute atomic E-state index is 5.66. The van der Waals surface area contributed by atoms with Gasteiger partial charge in [-0.1, -0.05) is 11.8 Å². The zero-order chi connectivity index (χ0) is 13.0. The smallest absolute Gasteiger partial charge is 0.119 e. The third-order valence-electron chi connectivity index (χ3n) is 2.31. The molecule has 0 saturated carbocycles. The number of nitrogen functional groups attached to an aromatic ring is 1. The van der Waals surface area contributed by atoms with E-state index in [1.165, 1.54) is 9.79 Å². The lowest BCUT2D eigenvalue weighted by Crippen LogP contribution is -2.04. The molecule has 0 aliphatic rings. The molecular weight excluding hydrogens is 242 g/mol. The Hall–Kier alpha value is -1.61. The van der Waals surface area contributed by atoms with Crippen LogP contribution in [0.25, 0.3) is 0 Å². The van der Waals surface area contributed by atoms with Crippen molar-refractivity contribution in [1.82, 2.24) is 0 Å². The highest BCUT2D eigenvalue weighted by Crippen LogP contribution is 2.29. The van der Waals surface area contributed by atoms with Crippen LogP contribution < -0.4 is 10.5 Å². The molecule has 0 aliphatic heterocycles. The molecule has 0 unspecified atom stereocenters. The van der Waals surface area contributed by atoms with Gasteiger partial charge in [-0.05, 0) is 62.4 Å². The van der Waals surface area contributed by atoms with Crippen LogP contribution >= 0.6 is 11.8 Å². The minimum absolute atomic E-state index is 0.209. The van der Waals surface area contributed by atoms with Crippen LogP contribution in [0.2, 0.25) is 0 Å². The molecule has 2 N–H and O–H groups in total. The van der Waals surface area contributed by atoms with Crippen LogP contribution in [0.5, 0.6) is 5.75 Å². The largest absolute Gasteiger partial charge is 0.491 e. The van der Waals surface area contributed by atoms with Gasteiger partial charge in [0.1, 0.15) is 5.75 Å². The van der Waals surface area contributed by atoms with Gasteiger partial charge in [0.15, 0.2) is 0 Å². The molecule has 0 aromatic heterocycles. The van der Waals surface area contributed by atoms with Gasteiger partial charge in [0.25, 0.3) is 0 Å². The highest BCUT2D eigenvalue weighted by molar-refractivity contribution is 7.99. The van der Waals surface area contributed by atoms with E-state index in [4.69, 9.17) is 10.5 Å². The Labute approximate surface area is 112 Å². The number of ether oxygens (including phenoxy) is 1. The van der Waals surface area contributed by atoms with E-state index >= 15 is 0 Å². The van der Waals surface area contributed by atoms with Crippen molar-refractivity contribution < 1.29 is 4.74 Å². The van der Waals surface area contributed by atoms with Gasteiger partial charge in [-0.2, -0.15) is 0 Å². The molecule has 0 amide bonds. The molecule has 0 radical (unpaired) electrons. The van der Waals surface area contributed by atoms with Crippen molar-refractivity contribution in [3.8, 4) is 5.75 Å². The van der Waals surface area contributed by atoms with E-state index in [1.54, 1.807) is 11.8 Å². The predicted molar refractivity (Wildman–Crippen MR) is 77.2 cm³/mol. The van der Waals surface area contributed by atoms with Crippen molar-refractivity contribution in [1.29, 1.82) is 0 Å². The highest BCUT2D eigenvalue weighted by atomic mass is 32.2. The quantitative estimate of drug-likeness (QED) is 0.835. The fourth-order valence-corrected chi connectivity index (χ4v) is 2.35. The average Bonchev–Trinajstić information content (AvgIpc) is 2.34. The Morgan fingerprint density at radius 2 is 1.39 bits per heavy atom. The lowest BCUT2D eigenvalue weighted by atomic mass is 10.3. The van der Waals surface area contributed by atoms with Crippen LogP contribution in [-0.2, 0) is 0 Å². The minimum Gasteiger partial charge on any atom is -0.491 e. The van der Waals surface area contributed by atoms with Crippen LogP contribution in [0.4, 0.5) is 5.69 Å². The molecule has 0 atom stereocenters. The van der Waals surface area contributed by atoms with Crippen molar-refractivity contribution in [3.63, 3.8) is 0 Å². The number of nitrogens with two attached hydrogens (primary N) is 1. The van der Waals surface area contributed by atoms with Crippen LogP contribution in [0.1, 0.15) is 13.8 Å². The van der Waals surface area contributed by atoms with Gasteiger partial charge >= 0.3 is 0 Å². The monoisotopic (exact) mass is 259 g/mol. The van der Waals surface area contributed by atoms with Gasteiger partial charge in [-0.3, -0.25) is 0 Å². The summed E-state index contributed by atoms with van der Waals surface area (Å²) in [6.45, 7) is 4.05. The van der Waals surface area contributed by atoms with Crippen molar-refractivity contribution in [3.05, 3.63) is 48.5 Å². The summed E-state index contributed by atoms with van der Waals surface area (Å²) >= 11 is 1.71. The maximum atomic E-state index is 5.66. The standard InChI is InChI=1S/C15H17NOS/c1-11(2)17-13-5-9-15(10-6-13)18-14-7-3-12(16)4-8-14/h3-11H,16H2,1-2H3. The van der Waals surface area contributed by atoms with Crippen LogP contribution in [0.15, 0.2) is 58.3 Å². The average molecular weight is 259 g/mol. The van der Waals surface area contributed by atoms with Crippen LogP contribution in [-0.4, -0.2) is 6.10 Å². The Morgan fingerprint density at radius 1 is 0.889 bits per heavy atom. The summed E-state index contributed by atoms with van der Waals surface area (Å²) in [6.07, 6.45) is 0.209. The molecule has 0 fully saturated rings. The van der Waals surface area contributed by atoms with Crippen molar-refractivity contribution in [2.75, 3.05) is 5.73 Å². The number of rotatable bonds is 4. The van der Waals surface area contributed by atoms with Crippen LogP contribution in [0.3, 0.4) is 0 Å². The molecule has 2 aromatic rings. The third kappa shape index (κ3) is 3.70. The molecule has 0 heterocycles. The number of hydrogen-bond acceptors (Lipinski definition) is 3. The molecule has 0 saturated heterocycles. The van der Waals surface area contributed by atoms with Crippen molar-refractivity contribution >= 4 is 17.4 Å². The Balaban J connectivity index is 2.04. The molecule has 2 rings (SSSR count). The van der Waals surface area contributed by atoms with E-state index in [-0.39, 0.29) is 6.10 Å². The molecule has 94 valence electrons. The summed E-state index contributed by atoms with van der Waals surface area (Å²) in [6, 6.07) is 16.0. The predicted octanol–water partition coefficient (Wildman–Crippen LogP) is 4.21. The van der Waals surface area contributed by atoms with Gasteiger partial charge in [0, 0.05) is 15.5 Å². The summed E-state index contributed by atoms with van der Waals surface area (Å²) in [7, 11) is 0. The summed E-state index contributed by atoms with van der Waals surface area (Å²) < 4.78 is 5.61. The van der Waals surface area contributed by atoms with Gasteiger partial charge in [-0.25, -0.2) is 0 Å². The fourth-order valence-electron chi connectivity index (χ4n) is 1.53. The lowest BCUT2D eigenvalue weighted by molar-refractivity contribution is 0.242. The molecule has 2 nitrogen and oxygen atoms in total. The fraction of sp³-hybridized carbons (Fsp3) is 0.200. The normalized spacial score (nSPS) is 10.6. The van der Waals surface area contributed by atoms with Gasteiger partial charge in [-0.15, -0.1) is 0 Å². The van der Waals surface area contributed by atoms with E-state index < -0.39 is 0 Å². The van der Waals surface area contributed by atoms with E-state index in [0.717, 1.165) is 11.4 Å². The van der Waals surface area contributed by atoms with Crippen molar-refractivity contribution in [2.24, 2.45) is 0 Å². The molecule has 0 bridgehead atoms. The third-order valence-corrected chi connectivity index (χ3v) is 3.33. The maximum Gasteiger partial charge on any atom is 0.119 e. The molecule has 2 aromatic carbocycles. The second-order valence-corrected chi connectivity index (χ2v) is 5.46. The first kappa shape index (κ1) is 12.8. The van der Waals surface area contributed by atoms with Crippen molar-refractivity contribution in [2.45, 2.75) is 29.7 Å². The molecule has 0 spiro atoms. The second kappa shape index (κ2) is 5.83. The molecule has 3 heteroatoms.